The van der Waals surface area contributed by atoms with Crippen LogP contribution < -0.4 is 5.32 Å². The number of anilines is 1. The Morgan fingerprint density at radius 2 is 2.38 bits per heavy atom. The van der Waals surface area contributed by atoms with Crippen molar-refractivity contribution >= 4 is 21.7 Å². The molecule has 0 saturated heterocycles. The summed E-state index contributed by atoms with van der Waals surface area (Å²) in [5.41, 5.74) is 1.13. The summed E-state index contributed by atoms with van der Waals surface area (Å²) in [6.07, 6.45) is 1.96. The second kappa shape index (κ2) is 6.83. The Bertz CT molecular complexity index is 334. The molecule has 90 valence electrons. The number of aliphatic hydroxyl groups excluding tert-OH is 1. The fraction of sp³-hybridized carbons (Fsp3) is 0.545. The molecule has 1 atom stereocenters. The molecule has 0 aliphatic rings. The fourth-order valence-electron chi connectivity index (χ4n) is 1.30. The zero-order valence-corrected chi connectivity index (χ0v) is 11.1. The van der Waals surface area contributed by atoms with Gasteiger partial charge in [-0.2, -0.15) is 0 Å². The van der Waals surface area contributed by atoms with E-state index in [1.54, 1.807) is 13.3 Å². The molecule has 1 aromatic rings. The first-order valence-corrected chi connectivity index (χ1v) is 5.96. The van der Waals surface area contributed by atoms with E-state index in [-0.39, 0.29) is 0 Å². The Balaban J connectivity index is 2.40. The maximum Gasteiger partial charge on any atom is 0.140 e. The molecule has 0 spiro atoms. The van der Waals surface area contributed by atoms with E-state index in [0.717, 1.165) is 15.9 Å². The van der Waals surface area contributed by atoms with Crippen LogP contribution >= 0.6 is 15.9 Å². The van der Waals surface area contributed by atoms with Gasteiger partial charge in [-0.05, 0) is 40.9 Å². The summed E-state index contributed by atoms with van der Waals surface area (Å²) < 4.78 is 5.82. The SMILES string of the molecule is COCC(O)CCNc1nccc(C)c1Br. The summed E-state index contributed by atoms with van der Waals surface area (Å²) in [6, 6.07) is 1.94. The minimum absolute atomic E-state index is 0.365. The van der Waals surface area contributed by atoms with E-state index in [2.05, 4.69) is 26.2 Å². The van der Waals surface area contributed by atoms with Crippen molar-refractivity contribution < 1.29 is 9.84 Å². The van der Waals surface area contributed by atoms with Gasteiger partial charge in [0, 0.05) is 19.9 Å². The van der Waals surface area contributed by atoms with Gasteiger partial charge in [0.1, 0.15) is 5.82 Å². The monoisotopic (exact) mass is 288 g/mol. The van der Waals surface area contributed by atoms with Crippen LogP contribution in [-0.2, 0) is 4.74 Å². The lowest BCUT2D eigenvalue weighted by Gasteiger charge is -2.12. The Morgan fingerprint density at radius 1 is 1.62 bits per heavy atom. The van der Waals surface area contributed by atoms with Crippen LogP contribution in [-0.4, -0.2) is 36.5 Å². The second-order valence-electron chi connectivity index (χ2n) is 3.62. The standard InChI is InChI=1S/C11H17BrN2O2/c1-8-3-5-13-11(10(8)12)14-6-4-9(15)7-16-2/h3,5,9,15H,4,6-7H2,1-2H3,(H,13,14). The van der Waals surface area contributed by atoms with E-state index < -0.39 is 6.10 Å². The maximum atomic E-state index is 9.45. The fourth-order valence-corrected chi connectivity index (χ4v) is 1.67. The smallest absolute Gasteiger partial charge is 0.140 e. The van der Waals surface area contributed by atoms with Crippen molar-refractivity contribution in [3.63, 3.8) is 0 Å². The normalized spacial score (nSPS) is 12.5. The van der Waals surface area contributed by atoms with Gasteiger partial charge in [0.2, 0.25) is 0 Å². The molecule has 0 fully saturated rings. The number of pyridine rings is 1. The van der Waals surface area contributed by atoms with Crippen molar-refractivity contribution in [2.45, 2.75) is 19.4 Å². The van der Waals surface area contributed by atoms with E-state index in [1.807, 2.05) is 13.0 Å². The van der Waals surface area contributed by atoms with E-state index in [4.69, 9.17) is 4.74 Å². The van der Waals surface area contributed by atoms with E-state index in [9.17, 15) is 5.11 Å². The predicted octanol–water partition coefficient (Wildman–Crippen LogP) is 1.96. The third-order valence-electron chi connectivity index (χ3n) is 2.21. The largest absolute Gasteiger partial charge is 0.391 e. The van der Waals surface area contributed by atoms with Crippen LogP contribution in [0.3, 0.4) is 0 Å². The number of nitrogens with one attached hydrogen (secondary N) is 1. The number of aliphatic hydroxyl groups is 1. The molecular formula is C11H17BrN2O2. The van der Waals surface area contributed by atoms with Crippen LogP contribution in [0.15, 0.2) is 16.7 Å². The second-order valence-corrected chi connectivity index (χ2v) is 4.41. The number of rotatable bonds is 6. The predicted molar refractivity (Wildman–Crippen MR) is 67.7 cm³/mol. The molecule has 16 heavy (non-hydrogen) atoms. The van der Waals surface area contributed by atoms with Gasteiger partial charge in [-0.3, -0.25) is 0 Å². The number of halogens is 1. The highest BCUT2D eigenvalue weighted by Gasteiger charge is 2.05. The Hall–Kier alpha value is -0.650. The number of ether oxygens (including phenoxy) is 1. The summed E-state index contributed by atoms with van der Waals surface area (Å²) >= 11 is 3.47. The van der Waals surface area contributed by atoms with Crippen molar-refractivity contribution in [2.75, 3.05) is 25.6 Å². The van der Waals surface area contributed by atoms with Crippen molar-refractivity contribution in [3.05, 3.63) is 22.3 Å². The van der Waals surface area contributed by atoms with E-state index in [1.165, 1.54) is 0 Å². The zero-order valence-electron chi connectivity index (χ0n) is 9.53. The highest BCUT2D eigenvalue weighted by Crippen LogP contribution is 2.22. The third-order valence-corrected chi connectivity index (χ3v) is 3.21. The topological polar surface area (TPSA) is 54.4 Å². The third kappa shape index (κ3) is 4.08. The van der Waals surface area contributed by atoms with Gasteiger partial charge in [0.25, 0.3) is 0 Å². The Kier molecular flexibility index (Phi) is 5.73. The summed E-state index contributed by atoms with van der Waals surface area (Å²) in [5.74, 6) is 0.810. The number of hydrogen-bond donors (Lipinski definition) is 2. The number of methoxy groups -OCH3 is 1. The molecule has 1 unspecified atom stereocenters. The van der Waals surface area contributed by atoms with Crippen LogP contribution in [0, 0.1) is 6.92 Å². The van der Waals surface area contributed by atoms with Crippen LogP contribution in [0.4, 0.5) is 5.82 Å². The lowest BCUT2D eigenvalue weighted by atomic mass is 10.2. The first kappa shape index (κ1) is 13.4. The van der Waals surface area contributed by atoms with Crippen molar-refractivity contribution in [1.29, 1.82) is 0 Å². The Morgan fingerprint density at radius 3 is 3.06 bits per heavy atom. The van der Waals surface area contributed by atoms with Gasteiger partial charge in [-0.15, -0.1) is 0 Å². The van der Waals surface area contributed by atoms with Crippen molar-refractivity contribution in [2.24, 2.45) is 0 Å². The van der Waals surface area contributed by atoms with Gasteiger partial charge in [0.15, 0.2) is 0 Å². The molecule has 0 aliphatic carbocycles. The molecule has 0 bridgehead atoms. The summed E-state index contributed by atoms with van der Waals surface area (Å²) in [5, 5.41) is 12.6. The number of aryl methyl sites for hydroxylation is 1. The average Bonchev–Trinajstić information content (AvgIpc) is 2.25. The number of hydrogen-bond acceptors (Lipinski definition) is 4. The first-order valence-electron chi connectivity index (χ1n) is 5.17. The van der Waals surface area contributed by atoms with Crippen molar-refractivity contribution in [1.82, 2.24) is 4.98 Å². The number of aromatic nitrogens is 1. The van der Waals surface area contributed by atoms with Crippen molar-refractivity contribution in [3.8, 4) is 0 Å². The molecule has 1 heterocycles. The average molecular weight is 289 g/mol. The van der Waals surface area contributed by atoms with Crippen LogP contribution in [0.5, 0.6) is 0 Å². The maximum absolute atomic E-state index is 9.45. The number of nitrogens with zero attached hydrogens (tertiary/aromatic N) is 1. The molecular weight excluding hydrogens is 272 g/mol. The molecule has 2 N–H and O–H groups in total. The van der Waals surface area contributed by atoms with Gasteiger partial charge in [-0.1, -0.05) is 0 Å². The van der Waals surface area contributed by atoms with E-state index in [0.29, 0.717) is 19.6 Å². The Labute approximate surface area is 104 Å². The van der Waals surface area contributed by atoms with Gasteiger partial charge in [0.05, 0.1) is 17.2 Å². The molecule has 0 aromatic carbocycles. The molecule has 1 rings (SSSR count). The molecule has 5 heteroatoms. The summed E-state index contributed by atoms with van der Waals surface area (Å²) in [6.45, 7) is 3.04. The molecule has 1 aromatic heterocycles. The van der Waals surface area contributed by atoms with Gasteiger partial charge < -0.3 is 15.2 Å². The van der Waals surface area contributed by atoms with Gasteiger partial charge in [-0.25, -0.2) is 4.98 Å². The molecule has 4 nitrogen and oxygen atoms in total. The lowest BCUT2D eigenvalue weighted by molar-refractivity contribution is 0.0615. The zero-order chi connectivity index (χ0) is 12.0. The van der Waals surface area contributed by atoms with Crippen LogP contribution in [0.1, 0.15) is 12.0 Å². The molecule has 0 saturated carbocycles. The van der Waals surface area contributed by atoms with E-state index >= 15 is 0 Å². The molecule has 0 aliphatic heterocycles. The lowest BCUT2D eigenvalue weighted by Crippen LogP contribution is -2.18. The minimum atomic E-state index is -0.430. The van der Waals surface area contributed by atoms with Gasteiger partial charge >= 0.3 is 0 Å². The minimum Gasteiger partial charge on any atom is -0.391 e. The highest BCUT2D eigenvalue weighted by atomic mass is 79.9. The van der Waals surface area contributed by atoms with Crippen LogP contribution in [0.25, 0.3) is 0 Å². The molecule has 0 radical (unpaired) electrons. The van der Waals surface area contributed by atoms with Crippen LogP contribution in [0.2, 0.25) is 0 Å². The first-order chi connectivity index (χ1) is 7.65. The molecule has 0 amide bonds. The summed E-state index contributed by atoms with van der Waals surface area (Å²) in [4.78, 5) is 4.21. The highest BCUT2D eigenvalue weighted by molar-refractivity contribution is 9.10. The quantitative estimate of drug-likeness (QED) is 0.840. The summed E-state index contributed by atoms with van der Waals surface area (Å²) in [7, 11) is 1.58.